The molecule has 25 heavy (non-hydrogen) atoms. The second-order valence-electron chi connectivity index (χ2n) is 6.03. The molecule has 128 valence electrons. The maximum Gasteiger partial charge on any atom is 0.338 e. The Morgan fingerprint density at radius 1 is 1.04 bits per heavy atom. The van der Waals surface area contributed by atoms with E-state index in [0.29, 0.717) is 17.9 Å². The third kappa shape index (κ3) is 3.18. The van der Waals surface area contributed by atoms with Crippen LogP contribution in [0.5, 0.6) is 0 Å². The number of rotatable bonds is 5. The Balaban J connectivity index is 1.89. The van der Waals surface area contributed by atoms with Crippen molar-refractivity contribution in [2.24, 2.45) is 0 Å². The number of carbonyl (C=O) groups is 3. The molecule has 2 aromatic carbocycles. The van der Waals surface area contributed by atoms with E-state index < -0.39 is 11.9 Å². The summed E-state index contributed by atoms with van der Waals surface area (Å²) in [6.07, 6.45) is 1.71. The number of nitrogens with zero attached hydrogens (tertiary/aromatic N) is 1. The molecule has 0 saturated heterocycles. The Morgan fingerprint density at radius 3 is 2.52 bits per heavy atom. The van der Waals surface area contributed by atoms with Gasteiger partial charge in [-0.25, -0.2) is 9.69 Å². The zero-order chi connectivity index (χ0) is 18.0. The Kier molecular flexibility index (Phi) is 4.65. The predicted molar refractivity (Wildman–Crippen MR) is 94.0 cm³/mol. The molecule has 5 heteroatoms. The van der Waals surface area contributed by atoms with Crippen LogP contribution in [0.15, 0.2) is 42.5 Å². The Bertz CT molecular complexity index is 857. The first-order valence-electron chi connectivity index (χ1n) is 8.29. The van der Waals surface area contributed by atoms with Crippen LogP contribution in [-0.2, 0) is 4.74 Å². The molecular weight excluding hydrogens is 318 g/mol. The number of ether oxygens (including phenoxy) is 1. The summed E-state index contributed by atoms with van der Waals surface area (Å²) in [7, 11) is 0. The Labute approximate surface area is 146 Å². The maximum atomic E-state index is 12.7. The van der Waals surface area contributed by atoms with Crippen molar-refractivity contribution < 1.29 is 19.1 Å². The van der Waals surface area contributed by atoms with Crippen molar-refractivity contribution in [1.29, 1.82) is 0 Å². The molecule has 0 bridgehead atoms. The first kappa shape index (κ1) is 16.9. The number of unbranched alkanes of at least 4 members (excludes halogenated alkanes) is 1. The molecule has 0 radical (unpaired) electrons. The van der Waals surface area contributed by atoms with Gasteiger partial charge in [0, 0.05) is 0 Å². The second kappa shape index (κ2) is 6.89. The predicted octanol–water partition coefficient (Wildman–Crippen LogP) is 3.75. The lowest BCUT2D eigenvalue weighted by molar-refractivity contribution is 0.0499. The Hall–Kier alpha value is -2.95. The summed E-state index contributed by atoms with van der Waals surface area (Å²) in [5, 5.41) is 0. The van der Waals surface area contributed by atoms with Crippen LogP contribution in [0.4, 0.5) is 5.69 Å². The minimum Gasteiger partial charge on any atom is -0.462 e. The summed E-state index contributed by atoms with van der Waals surface area (Å²) >= 11 is 0. The maximum absolute atomic E-state index is 12.7. The van der Waals surface area contributed by atoms with Crippen molar-refractivity contribution in [3.05, 3.63) is 64.7 Å². The molecule has 0 aliphatic carbocycles. The second-order valence-corrected chi connectivity index (χ2v) is 6.03. The van der Waals surface area contributed by atoms with Gasteiger partial charge >= 0.3 is 5.97 Å². The Morgan fingerprint density at radius 2 is 1.80 bits per heavy atom. The molecule has 1 aliphatic rings. The summed E-state index contributed by atoms with van der Waals surface area (Å²) in [6.45, 7) is 4.24. The molecule has 0 saturated carbocycles. The normalized spacial score (nSPS) is 13.1. The minimum absolute atomic E-state index is 0.233. The van der Waals surface area contributed by atoms with Gasteiger partial charge in [-0.15, -0.1) is 0 Å². The highest BCUT2D eigenvalue weighted by Gasteiger charge is 2.37. The average Bonchev–Trinajstić information content (AvgIpc) is 2.85. The van der Waals surface area contributed by atoms with Crippen LogP contribution < -0.4 is 4.90 Å². The van der Waals surface area contributed by atoms with E-state index in [1.54, 1.807) is 18.2 Å². The number of imide groups is 1. The zero-order valence-corrected chi connectivity index (χ0v) is 14.2. The lowest BCUT2D eigenvalue weighted by Gasteiger charge is -2.14. The van der Waals surface area contributed by atoms with Gasteiger partial charge in [0.1, 0.15) is 0 Å². The van der Waals surface area contributed by atoms with Gasteiger partial charge in [-0.05, 0) is 49.2 Å². The van der Waals surface area contributed by atoms with E-state index in [4.69, 9.17) is 4.74 Å². The molecule has 5 nitrogen and oxygen atoms in total. The van der Waals surface area contributed by atoms with E-state index in [1.165, 1.54) is 18.2 Å². The minimum atomic E-state index is -0.481. The largest absolute Gasteiger partial charge is 0.462 e. The fourth-order valence-corrected chi connectivity index (χ4v) is 2.76. The van der Waals surface area contributed by atoms with Crippen molar-refractivity contribution in [3.63, 3.8) is 0 Å². The number of fused-ring (bicyclic) bond motifs is 1. The van der Waals surface area contributed by atoms with Crippen molar-refractivity contribution in [1.82, 2.24) is 0 Å². The summed E-state index contributed by atoms with van der Waals surface area (Å²) in [5.74, 6) is -1.28. The third-order valence-electron chi connectivity index (χ3n) is 4.11. The quantitative estimate of drug-likeness (QED) is 0.473. The summed E-state index contributed by atoms with van der Waals surface area (Å²) in [5.41, 5.74) is 2.29. The van der Waals surface area contributed by atoms with E-state index in [0.717, 1.165) is 23.3 Å². The van der Waals surface area contributed by atoms with Crippen LogP contribution in [0.1, 0.15) is 56.4 Å². The highest BCUT2D eigenvalue weighted by atomic mass is 16.5. The number of hydrogen-bond donors (Lipinski definition) is 0. The molecule has 0 atom stereocenters. The molecule has 0 aromatic heterocycles. The highest BCUT2D eigenvalue weighted by molar-refractivity contribution is 6.34. The van der Waals surface area contributed by atoms with Gasteiger partial charge in [-0.2, -0.15) is 0 Å². The van der Waals surface area contributed by atoms with Crippen molar-refractivity contribution in [2.45, 2.75) is 26.7 Å². The molecule has 0 fully saturated rings. The van der Waals surface area contributed by atoms with Gasteiger partial charge in [0.15, 0.2) is 0 Å². The summed E-state index contributed by atoms with van der Waals surface area (Å²) < 4.78 is 5.17. The van der Waals surface area contributed by atoms with Crippen LogP contribution in [0.2, 0.25) is 0 Å². The molecule has 3 rings (SSSR count). The van der Waals surface area contributed by atoms with E-state index in [2.05, 4.69) is 0 Å². The number of hydrogen-bond acceptors (Lipinski definition) is 4. The van der Waals surface area contributed by atoms with Crippen LogP contribution in [0, 0.1) is 6.92 Å². The highest BCUT2D eigenvalue weighted by Crippen LogP contribution is 2.29. The van der Waals surface area contributed by atoms with Gasteiger partial charge in [0.05, 0.1) is 29.0 Å². The topological polar surface area (TPSA) is 63.7 Å². The fraction of sp³-hybridized carbons (Fsp3) is 0.250. The first-order chi connectivity index (χ1) is 12.0. The first-order valence-corrected chi connectivity index (χ1v) is 8.29. The van der Waals surface area contributed by atoms with Crippen molar-refractivity contribution in [2.75, 3.05) is 11.5 Å². The lowest BCUT2D eigenvalue weighted by Crippen LogP contribution is -2.29. The number of anilines is 1. The summed E-state index contributed by atoms with van der Waals surface area (Å²) in [4.78, 5) is 38.5. The molecule has 0 spiro atoms. The van der Waals surface area contributed by atoms with Crippen LogP contribution in [0.25, 0.3) is 0 Å². The number of carbonyl (C=O) groups excluding carboxylic acids is 3. The number of benzene rings is 2. The molecule has 1 heterocycles. The standard InChI is InChI=1S/C20H19NO4/c1-3-4-10-25-20(24)14-8-9-16-17(12-14)19(23)21(18(16)22)15-7-5-6-13(2)11-15/h5-9,11-12H,3-4,10H2,1-2H3. The molecule has 1 aliphatic heterocycles. The SMILES string of the molecule is CCCCOC(=O)c1ccc2c(c1)C(=O)N(c1cccc(C)c1)C2=O. The van der Waals surface area contributed by atoms with Crippen LogP contribution >= 0.6 is 0 Å². The molecular formula is C20H19NO4. The number of amides is 2. The van der Waals surface area contributed by atoms with Crippen LogP contribution in [0.3, 0.4) is 0 Å². The lowest BCUT2D eigenvalue weighted by atomic mass is 10.1. The monoisotopic (exact) mass is 337 g/mol. The van der Waals surface area contributed by atoms with Gasteiger partial charge in [0.2, 0.25) is 0 Å². The summed E-state index contributed by atoms with van der Waals surface area (Å²) in [6, 6.07) is 11.7. The molecule has 0 N–H and O–H groups in total. The van der Waals surface area contributed by atoms with E-state index >= 15 is 0 Å². The van der Waals surface area contributed by atoms with Gasteiger partial charge in [-0.3, -0.25) is 9.59 Å². The molecule has 2 amide bonds. The van der Waals surface area contributed by atoms with E-state index in [1.807, 2.05) is 19.9 Å². The smallest absolute Gasteiger partial charge is 0.338 e. The number of esters is 1. The molecule has 0 unspecified atom stereocenters. The zero-order valence-electron chi connectivity index (χ0n) is 14.2. The van der Waals surface area contributed by atoms with Gasteiger partial charge < -0.3 is 4.74 Å². The molecule has 2 aromatic rings. The number of aryl methyl sites for hydroxylation is 1. The van der Waals surface area contributed by atoms with Crippen molar-refractivity contribution in [3.8, 4) is 0 Å². The third-order valence-corrected chi connectivity index (χ3v) is 4.11. The van der Waals surface area contributed by atoms with E-state index in [9.17, 15) is 14.4 Å². The van der Waals surface area contributed by atoms with Gasteiger partial charge in [0.25, 0.3) is 11.8 Å². The van der Waals surface area contributed by atoms with Crippen molar-refractivity contribution >= 4 is 23.5 Å². The average molecular weight is 337 g/mol. The fourth-order valence-electron chi connectivity index (χ4n) is 2.76. The van der Waals surface area contributed by atoms with Crippen LogP contribution in [-0.4, -0.2) is 24.4 Å². The van der Waals surface area contributed by atoms with Gasteiger partial charge in [-0.1, -0.05) is 25.5 Å². The van der Waals surface area contributed by atoms with E-state index in [-0.39, 0.29) is 17.0 Å².